The number of hydrogen-bond acceptors (Lipinski definition) is 5. The Balaban J connectivity index is 2.75. The van der Waals surface area contributed by atoms with E-state index in [1.54, 1.807) is 18.2 Å². The minimum absolute atomic E-state index is 0.00352. The number of ether oxygens (including phenoxy) is 2. The maximum atomic E-state index is 11.5. The van der Waals surface area contributed by atoms with Gasteiger partial charge in [-0.3, -0.25) is 4.79 Å². The summed E-state index contributed by atoms with van der Waals surface area (Å²) in [5, 5.41) is 0. The van der Waals surface area contributed by atoms with Gasteiger partial charge in [0.1, 0.15) is 6.61 Å². The van der Waals surface area contributed by atoms with Crippen molar-refractivity contribution in [2.24, 2.45) is 0 Å². The summed E-state index contributed by atoms with van der Waals surface area (Å²) in [5.74, 6) is 0.768. The van der Waals surface area contributed by atoms with Crippen LogP contribution in [0.1, 0.15) is 23.7 Å². The third kappa shape index (κ3) is 4.55. The minimum Gasteiger partial charge on any atom is -0.493 e. The van der Waals surface area contributed by atoms with Crippen LogP contribution >= 0.6 is 0 Å². The van der Waals surface area contributed by atoms with Crippen molar-refractivity contribution in [3.05, 3.63) is 23.8 Å². The molecular weight excluding hydrogens is 268 g/mol. The first-order valence-corrected chi connectivity index (χ1v) is 7.81. The molecule has 1 rings (SSSR count). The van der Waals surface area contributed by atoms with Crippen LogP contribution in [0.25, 0.3) is 0 Å². The average Bonchev–Trinajstić information content (AvgIpc) is 2.38. The third-order valence-corrected chi connectivity index (χ3v) is 4.33. The first-order chi connectivity index (χ1) is 9.04. The Labute approximate surface area is 113 Å². The van der Waals surface area contributed by atoms with Crippen LogP contribution in [0.15, 0.2) is 18.2 Å². The topological polar surface area (TPSA) is 69.7 Å². The predicted molar refractivity (Wildman–Crippen MR) is 72.8 cm³/mol. The van der Waals surface area contributed by atoms with Gasteiger partial charge in [-0.25, -0.2) is 8.42 Å². The Hall–Kier alpha value is -1.56. The fourth-order valence-electron chi connectivity index (χ4n) is 1.62. The maximum Gasteiger partial charge on any atom is 0.171 e. The van der Waals surface area contributed by atoms with Gasteiger partial charge in [0.05, 0.1) is 24.2 Å². The molecule has 0 radical (unpaired) electrons. The highest BCUT2D eigenvalue weighted by Gasteiger charge is 2.13. The van der Waals surface area contributed by atoms with Gasteiger partial charge >= 0.3 is 0 Å². The molecule has 0 N–H and O–H groups in total. The zero-order valence-corrected chi connectivity index (χ0v) is 11.9. The Morgan fingerprint density at radius 1 is 1.26 bits per heavy atom. The van der Waals surface area contributed by atoms with E-state index in [-0.39, 0.29) is 23.9 Å². The van der Waals surface area contributed by atoms with Gasteiger partial charge in [0.25, 0.3) is 0 Å². The van der Waals surface area contributed by atoms with Crippen molar-refractivity contribution in [1.82, 2.24) is 0 Å². The number of carbonyl (C=O) groups excluding carboxylic acids is 1. The monoisotopic (exact) mass is 286 g/mol. The Morgan fingerprint density at radius 3 is 2.58 bits per heavy atom. The SMILES string of the molecule is CCCS(=O)(=O)CCOc1c(C=O)cccc1OC. The van der Waals surface area contributed by atoms with Crippen molar-refractivity contribution in [2.75, 3.05) is 25.2 Å². The fraction of sp³-hybridized carbons (Fsp3) is 0.462. The number of carbonyl (C=O) groups is 1. The quantitative estimate of drug-likeness (QED) is 0.680. The second-order valence-electron chi connectivity index (χ2n) is 4.00. The second-order valence-corrected chi connectivity index (χ2v) is 6.30. The molecule has 0 bridgehead atoms. The summed E-state index contributed by atoms with van der Waals surface area (Å²) in [6.45, 7) is 1.81. The number of methoxy groups -OCH3 is 1. The number of benzene rings is 1. The van der Waals surface area contributed by atoms with Gasteiger partial charge in [0.2, 0.25) is 0 Å². The van der Waals surface area contributed by atoms with Crippen LogP contribution in [0.4, 0.5) is 0 Å². The van der Waals surface area contributed by atoms with E-state index in [1.165, 1.54) is 7.11 Å². The van der Waals surface area contributed by atoms with Crippen molar-refractivity contribution in [3.63, 3.8) is 0 Å². The number of aldehydes is 1. The van der Waals surface area contributed by atoms with Crippen molar-refractivity contribution < 1.29 is 22.7 Å². The van der Waals surface area contributed by atoms with Crippen molar-refractivity contribution >= 4 is 16.1 Å². The molecule has 0 saturated carbocycles. The molecule has 0 aliphatic rings. The number of sulfone groups is 1. The van der Waals surface area contributed by atoms with Gasteiger partial charge in [0.15, 0.2) is 27.6 Å². The van der Waals surface area contributed by atoms with Crippen molar-refractivity contribution in [1.29, 1.82) is 0 Å². The van der Waals surface area contributed by atoms with E-state index in [2.05, 4.69) is 0 Å². The Bertz CT molecular complexity index is 522. The lowest BCUT2D eigenvalue weighted by Crippen LogP contribution is -2.17. The molecule has 1 aromatic rings. The molecule has 19 heavy (non-hydrogen) atoms. The van der Waals surface area contributed by atoms with Crippen LogP contribution in [-0.4, -0.2) is 39.9 Å². The molecule has 106 valence electrons. The molecule has 1 aromatic carbocycles. The van der Waals surface area contributed by atoms with E-state index in [0.29, 0.717) is 24.0 Å². The Kier molecular flexibility index (Phi) is 5.82. The molecule has 6 heteroatoms. The van der Waals surface area contributed by atoms with Crippen LogP contribution in [0, 0.1) is 0 Å². The normalized spacial score (nSPS) is 11.1. The van der Waals surface area contributed by atoms with Gasteiger partial charge in [-0.05, 0) is 18.6 Å². The molecule has 0 unspecified atom stereocenters. The maximum absolute atomic E-state index is 11.5. The summed E-state index contributed by atoms with van der Waals surface area (Å²) in [7, 11) is -1.63. The summed E-state index contributed by atoms with van der Waals surface area (Å²) in [4.78, 5) is 10.9. The first kappa shape index (κ1) is 15.5. The molecule has 0 aliphatic carbocycles. The van der Waals surface area contributed by atoms with Crippen LogP contribution in [0.5, 0.6) is 11.5 Å². The molecule has 0 amide bonds. The lowest BCUT2D eigenvalue weighted by atomic mass is 10.2. The molecule has 0 saturated heterocycles. The zero-order chi connectivity index (χ0) is 14.3. The molecule has 0 spiro atoms. The summed E-state index contributed by atoms with van der Waals surface area (Å²) in [5.41, 5.74) is 0.340. The molecule has 0 aliphatic heterocycles. The van der Waals surface area contributed by atoms with Gasteiger partial charge in [-0.15, -0.1) is 0 Å². The van der Waals surface area contributed by atoms with Crippen LogP contribution in [-0.2, 0) is 9.84 Å². The first-order valence-electron chi connectivity index (χ1n) is 5.99. The van der Waals surface area contributed by atoms with E-state index in [9.17, 15) is 13.2 Å². The smallest absolute Gasteiger partial charge is 0.171 e. The summed E-state index contributed by atoms with van der Waals surface area (Å²) < 4.78 is 33.6. The van der Waals surface area contributed by atoms with Crippen LogP contribution in [0.3, 0.4) is 0 Å². The second kappa shape index (κ2) is 7.13. The third-order valence-electron chi connectivity index (χ3n) is 2.51. The molecule has 0 aromatic heterocycles. The molecule has 0 fully saturated rings. The van der Waals surface area contributed by atoms with Crippen molar-refractivity contribution in [2.45, 2.75) is 13.3 Å². The van der Waals surface area contributed by atoms with E-state index in [4.69, 9.17) is 9.47 Å². The predicted octanol–water partition coefficient (Wildman–Crippen LogP) is 1.71. The van der Waals surface area contributed by atoms with Gasteiger partial charge in [0, 0.05) is 0 Å². The van der Waals surface area contributed by atoms with Crippen LogP contribution < -0.4 is 9.47 Å². The van der Waals surface area contributed by atoms with Crippen molar-refractivity contribution in [3.8, 4) is 11.5 Å². The molecule has 5 nitrogen and oxygen atoms in total. The largest absolute Gasteiger partial charge is 0.493 e. The van der Waals surface area contributed by atoms with Gasteiger partial charge in [-0.1, -0.05) is 13.0 Å². The average molecular weight is 286 g/mol. The van der Waals surface area contributed by atoms with Gasteiger partial charge in [-0.2, -0.15) is 0 Å². The molecule has 0 atom stereocenters. The Morgan fingerprint density at radius 2 is 2.00 bits per heavy atom. The van der Waals surface area contributed by atoms with E-state index in [0.717, 1.165) is 0 Å². The number of rotatable bonds is 8. The van der Waals surface area contributed by atoms with Gasteiger partial charge < -0.3 is 9.47 Å². The minimum atomic E-state index is -3.10. The highest BCUT2D eigenvalue weighted by molar-refractivity contribution is 7.91. The standard InChI is InChI=1S/C13H18O5S/c1-3-8-19(15,16)9-7-18-13-11(10-14)5-4-6-12(13)17-2/h4-6,10H,3,7-9H2,1-2H3. The van der Waals surface area contributed by atoms with E-state index >= 15 is 0 Å². The number of para-hydroxylation sites is 1. The fourth-order valence-corrected chi connectivity index (χ4v) is 2.79. The van der Waals surface area contributed by atoms with E-state index < -0.39 is 9.84 Å². The highest BCUT2D eigenvalue weighted by atomic mass is 32.2. The highest BCUT2D eigenvalue weighted by Crippen LogP contribution is 2.29. The number of hydrogen-bond donors (Lipinski definition) is 0. The van der Waals surface area contributed by atoms with Crippen LogP contribution in [0.2, 0.25) is 0 Å². The lowest BCUT2D eigenvalue weighted by molar-refractivity contribution is 0.111. The molecule has 0 heterocycles. The van der Waals surface area contributed by atoms with E-state index in [1.807, 2.05) is 6.92 Å². The summed E-state index contributed by atoms with van der Waals surface area (Å²) >= 11 is 0. The summed E-state index contributed by atoms with van der Waals surface area (Å²) in [6, 6.07) is 4.91. The zero-order valence-electron chi connectivity index (χ0n) is 11.1. The summed E-state index contributed by atoms with van der Waals surface area (Å²) in [6.07, 6.45) is 1.23. The lowest BCUT2D eigenvalue weighted by Gasteiger charge is -2.12. The molecular formula is C13H18O5S.